The van der Waals surface area contributed by atoms with E-state index in [9.17, 15) is 73.1 Å². The number of amides is 3. The van der Waals surface area contributed by atoms with Crippen LogP contribution in [0.25, 0.3) is 32.3 Å². The van der Waals surface area contributed by atoms with E-state index in [1.54, 1.807) is 87.6 Å². The van der Waals surface area contributed by atoms with Crippen molar-refractivity contribution in [1.82, 2.24) is 44.6 Å². The largest absolute Gasteiger partial charge is 0.444 e. The summed E-state index contributed by atoms with van der Waals surface area (Å²) < 4.78 is 140. The normalized spacial score (nSPS) is 14.6. The number of Topliss-reactive ketones (excluding diaryl/α,β-unsaturated/α-hetero) is 1. The van der Waals surface area contributed by atoms with Gasteiger partial charge in [0.05, 0.1) is 16.7 Å². The first-order chi connectivity index (χ1) is 55.9. The van der Waals surface area contributed by atoms with Gasteiger partial charge in [-0.25, -0.2) is 29.3 Å². The zero-order valence-corrected chi connectivity index (χ0v) is 70.3. The second kappa shape index (κ2) is 37.8. The summed E-state index contributed by atoms with van der Waals surface area (Å²) in [5.41, 5.74) is 7.79. The molecule has 0 aliphatic carbocycles. The van der Waals surface area contributed by atoms with E-state index in [4.69, 9.17) is 19.9 Å². The number of nitrogen functional groups attached to an aromatic ring is 1. The molecule has 0 saturated carbocycles. The van der Waals surface area contributed by atoms with E-state index in [2.05, 4.69) is 51.2 Å². The molecule has 0 spiro atoms. The fourth-order valence-corrected chi connectivity index (χ4v) is 14.3. The maximum Gasteiger partial charge on any atom is 0.416 e. The van der Waals surface area contributed by atoms with Gasteiger partial charge in [0, 0.05) is 192 Å². The van der Waals surface area contributed by atoms with Crippen molar-refractivity contribution in [2.45, 2.75) is 216 Å². The van der Waals surface area contributed by atoms with E-state index in [0.717, 1.165) is 64.1 Å². The van der Waals surface area contributed by atoms with Crippen molar-refractivity contribution in [1.29, 1.82) is 0 Å². The predicted octanol–water partition coefficient (Wildman–Crippen LogP) is 17.7. The number of aromatic amines is 3. The molecule has 0 bridgehead atoms. The van der Waals surface area contributed by atoms with Gasteiger partial charge in [0.1, 0.15) is 40.0 Å². The topological polar surface area (TPSA) is 320 Å². The van der Waals surface area contributed by atoms with Crippen LogP contribution in [-0.2, 0) is 57.2 Å². The third-order valence-electron chi connectivity index (χ3n) is 20.1. The molecule has 12 rings (SSSR count). The van der Waals surface area contributed by atoms with Crippen LogP contribution in [0.1, 0.15) is 175 Å². The number of carbonyl (C=O) groups is 4. The van der Waals surface area contributed by atoms with Crippen molar-refractivity contribution in [2.24, 2.45) is 0 Å². The molecule has 648 valence electrons. The molecule has 9 aromatic rings. The number of nitrogens with zero attached hydrogens (tertiary/aromatic N) is 7. The number of aryl methyl sites for hydroxylation is 6. The van der Waals surface area contributed by atoms with Crippen molar-refractivity contribution in [3.8, 4) is 0 Å². The Labute approximate surface area is 689 Å². The lowest BCUT2D eigenvalue weighted by molar-refractivity contribution is -0.138. The zero-order valence-electron chi connectivity index (χ0n) is 70.3. The van der Waals surface area contributed by atoms with Crippen LogP contribution in [0.4, 0.5) is 88.4 Å². The molecule has 6 aromatic heterocycles. The number of ketones is 1. The van der Waals surface area contributed by atoms with E-state index in [0.29, 0.717) is 139 Å². The maximum atomic E-state index is 14.1. The Morgan fingerprint density at radius 2 is 0.792 bits per heavy atom. The quantitative estimate of drug-likeness (QED) is 0.0285. The number of carbonyl (C=O) groups excluding carboxylic acids is 4. The Balaban J connectivity index is 0.000000193. The molecule has 3 aliphatic heterocycles. The summed E-state index contributed by atoms with van der Waals surface area (Å²) in [6, 6.07) is 16.7. The number of pyridine rings is 6. The SMILES string of the molecule is CC(C)(C)OC(=O)N1CCC(=O)CC1.CCN(c1cc(C(F)(F)F)cc2c(NCc3c(C)cc(C)[nH]c3=O)nccc12)C1CCN(C(=O)OC(C)(C)C)CC1.Cc1cc(C)c(CNc2nccc3c(N)cc(C(F)(F)F)cc23)c(=O)[nH]1.Cc1cc(C)c(CNc2nccc3c(NC4CCN(C(=O)OC(C)(C)C)CC4)cc(C(F)(F)F)cc23)c(=O)[nH]1. The molecule has 25 nitrogen and oxygen atoms in total. The van der Waals surface area contributed by atoms with Gasteiger partial charge in [-0.2, -0.15) is 39.5 Å². The standard InChI is InChI=1S/C30H38F3N5O3.C28H34F3N5O3.C18H17F3N4O.C10H17NO3/c1-7-38(21-9-12-37(13-10-21)28(40)41-29(4,5)6)25-16-20(30(31,32)33)15-23-22(25)8-11-34-26(23)35-17-24-18(2)14-19(3)36-27(24)39;1-16-12-17(2)34-25(37)22(16)15-33-24-21-13-18(28(29,30)31)14-23(20(21)6-9-32-24)35-19-7-10-36(11-8-19)26(38)39-27(3,4)5;1-9-5-10(2)25-17(26)14(9)8-24-16-13-6-11(18(19,20)21)7-15(22)12(13)3-4-23-16;1-10(2,3)14-9(13)11-6-4-8(12)5-7-11/h8,11,14-16,21H,7,9-10,12-13,17H2,1-6H3,(H,34,35)(H,36,39);6,9,12-14,19,35H,7-8,10-11,15H2,1-5H3,(H,32,33)(H,34,37);3-7H,8,22H2,1-2H3,(H,23,24)(H,25,26);4-7H2,1-3H3. The number of likely N-dealkylation sites (tertiary alicyclic amines) is 3. The summed E-state index contributed by atoms with van der Waals surface area (Å²) in [7, 11) is 0. The number of halogens is 9. The molecule has 9 heterocycles. The molecule has 9 N–H and O–H groups in total. The molecular weight excluding hydrogens is 1570 g/mol. The fraction of sp³-hybridized carbons (Fsp3) is 0.465. The van der Waals surface area contributed by atoms with Gasteiger partial charge in [0.15, 0.2) is 0 Å². The molecule has 120 heavy (non-hydrogen) atoms. The van der Waals surface area contributed by atoms with Crippen molar-refractivity contribution in [3.05, 3.63) is 190 Å². The van der Waals surface area contributed by atoms with Gasteiger partial charge in [-0.05, 0) is 226 Å². The highest BCUT2D eigenvalue weighted by Crippen LogP contribution is 2.43. The smallest absolute Gasteiger partial charge is 0.416 e. The first kappa shape index (κ1) is 92.3. The highest BCUT2D eigenvalue weighted by atomic mass is 19.4. The van der Waals surface area contributed by atoms with Crippen LogP contribution in [0.15, 0.2) is 106 Å². The average molecular weight is 1680 g/mol. The fourth-order valence-electron chi connectivity index (χ4n) is 14.3. The number of rotatable bonds is 14. The monoisotopic (exact) mass is 1680 g/mol. The molecule has 0 unspecified atom stereocenters. The van der Waals surface area contributed by atoms with Gasteiger partial charge in [0.2, 0.25) is 0 Å². The molecule has 34 heteroatoms. The van der Waals surface area contributed by atoms with Gasteiger partial charge < -0.3 is 75.8 Å². The summed E-state index contributed by atoms with van der Waals surface area (Å²) in [5.74, 6) is 0.982. The minimum atomic E-state index is -4.57. The van der Waals surface area contributed by atoms with Crippen LogP contribution >= 0.6 is 0 Å². The highest BCUT2D eigenvalue weighted by molar-refractivity contribution is 6.03. The number of fused-ring (bicyclic) bond motifs is 3. The van der Waals surface area contributed by atoms with Crippen LogP contribution in [0.3, 0.4) is 0 Å². The van der Waals surface area contributed by atoms with Crippen LogP contribution < -0.4 is 48.6 Å². The highest BCUT2D eigenvalue weighted by Gasteiger charge is 2.38. The molecule has 0 radical (unpaired) electrons. The van der Waals surface area contributed by atoms with E-state index in [1.807, 2.05) is 85.4 Å². The number of piperidine rings is 3. The summed E-state index contributed by atoms with van der Waals surface area (Å²) in [6.07, 6.45) is -6.97. The van der Waals surface area contributed by atoms with Crippen LogP contribution in [-0.4, -0.2) is 143 Å². The number of ether oxygens (including phenoxy) is 3. The number of anilines is 6. The van der Waals surface area contributed by atoms with Gasteiger partial charge >= 0.3 is 36.8 Å². The number of nitrogens with one attached hydrogen (secondary N) is 7. The lowest BCUT2D eigenvalue weighted by atomic mass is 9.99. The van der Waals surface area contributed by atoms with Gasteiger partial charge in [0.25, 0.3) is 16.7 Å². The zero-order chi connectivity index (χ0) is 88.5. The first-order valence-electron chi connectivity index (χ1n) is 39.5. The Kier molecular flexibility index (Phi) is 29.0. The van der Waals surface area contributed by atoms with Crippen LogP contribution in [0.2, 0.25) is 0 Å². The Morgan fingerprint density at radius 1 is 0.458 bits per heavy atom. The van der Waals surface area contributed by atoms with E-state index in [1.165, 1.54) is 18.5 Å². The van der Waals surface area contributed by atoms with Gasteiger partial charge in [-0.15, -0.1) is 0 Å². The van der Waals surface area contributed by atoms with Crippen molar-refractivity contribution in [3.63, 3.8) is 0 Å². The maximum absolute atomic E-state index is 14.1. The molecule has 3 saturated heterocycles. The summed E-state index contributed by atoms with van der Waals surface area (Å²) in [6.45, 7) is 32.6. The van der Waals surface area contributed by atoms with E-state index in [-0.39, 0.29) is 94.9 Å². The lowest BCUT2D eigenvalue weighted by Gasteiger charge is -2.40. The number of alkyl halides is 9. The van der Waals surface area contributed by atoms with Gasteiger partial charge in [-0.1, -0.05) is 0 Å². The second-order valence-corrected chi connectivity index (χ2v) is 33.1. The summed E-state index contributed by atoms with van der Waals surface area (Å²) in [4.78, 5) is 112. The van der Waals surface area contributed by atoms with Crippen LogP contribution in [0, 0.1) is 41.5 Å². The Hall–Kier alpha value is -11.6. The van der Waals surface area contributed by atoms with Crippen molar-refractivity contribution in [2.75, 3.05) is 77.7 Å². The van der Waals surface area contributed by atoms with Crippen LogP contribution in [0.5, 0.6) is 0 Å². The molecule has 3 aromatic carbocycles. The van der Waals surface area contributed by atoms with E-state index < -0.39 is 58.1 Å². The molecule has 0 atom stereocenters. The first-order valence-corrected chi connectivity index (χ1v) is 39.5. The lowest BCUT2D eigenvalue weighted by Crippen LogP contribution is -2.48. The summed E-state index contributed by atoms with van der Waals surface area (Å²) >= 11 is 0. The number of H-pyrrole nitrogens is 3. The van der Waals surface area contributed by atoms with E-state index >= 15 is 0 Å². The Morgan fingerprint density at radius 3 is 1.16 bits per heavy atom. The van der Waals surface area contributed by atoms with Crippen molar-refractivity contribution < 1.29 is 72.9 Å². The minimum Gasteiger partial charge on any atom is -0.444 e. The molecule has 3 fully saturated rings. The summed E-state index contributed by atoms with van der Waals surface area (Å²) in [5, 5.41) is 14.9. The molecular formula is C86H106F9N15O10. The average Bonchev–Trinajstić information content (AvgIpc) is 0.690. The number of aromatic nitrogens is 6. The number of benzene rings is 3. The number of hydrogen-bond acceptors (Lipinski definition) is 19. The second-order valence-electron chi connectivity index (χ2n) is 33.1. The molecule has 3 aliphatic rings. The third-order valence-corrected chi connectivity index (χ3v) is 20.1. The Bertz CT molecular complexity index is 5390. The number of hydrogen-bond donors (Lipinski definition) is 8. The number of nitrogens with two attached hydrogens (primary N) is 1. The minimum absolute atomic E-state index is 0.0182. The predicted molar refractivity (Wildman–Crippen MR) is 447 cm³/mol. The molecule has 3 amide bonds. The van der Waals surface area contributed by atoms with Crippen molar-refractivity contribution >= 4 is 90.9 Å². The van der Waals surface area contributed by atoms with Gasteiger partial charge in [-0.3, -0.25) is 19.2 Å². The third kappa shape index (κ3) is 24.8.